The van der Waals surface area contributed by atoms with Crippen molar-refractivity contribution in [3.05, 3.63) is 58.3 Å². The van der Waals surface area contributed by atoms with Gasteiger partial charge in [-0.25, -0.2) is 4.98 Å². The average molecular weight is 375 g/mol. The van der Waals surface area contributed by atoms with Gasteiger partial charge in [0.1, 0.15) is 11.3 Å². The highest BCUT2D eigenvalue weighted by Gasteiger charge is 2.24. The third-order valence-corrected chi connectivity index (χ3v) is 4.35. The number of rotatable bonds is 5. The predicted octanol–water partition coefficient (Wildman–Crippen LogP) is 3.74. The number of fused-ring (bicyclic) bond motifs is 1. The lowest BCUT2D eigenvalue weighted by Gasteiger charge is -2.14. The van der Waals surface area contributed by atoms with Gasteiger partial charge >= 0.3 is 5.97 Å². The smallest absolute Gasteiger partial charge is 0.311 e. The summed E-state index contributed by atoms with van der Waals surface area (Å²) in [6.45, 7) is 0. The summed E-state index contributed by atoms with van der Waals surface area (Å²) < 4.78 is 6.25. The Labute approximate surface area is 141 Å². The van der Waals surface area contributed by atoms with Gasteiger partial charge in [0.25, 0.3) is 0 Å². The third-order valence-electron chi connectivity index (χ3n) is 3.82. The summed E-state index contributed by atoms with van der Waals surface area (Å²) in [6, 6.07) is 11.2. The van der Waals surface area contributed by atoms with E-state index >= 15 is 0 Å². The van der Waals surface area contributed by atoms with Gasteiger partial charge < -0.3 is 14.8 Å². The molecule has 0 radical (unpaired) electrons. The van der Waals surface area contributed by atoms with Crippen LogP contribution < -0.4 is 4.74 Å². The van der Waals surface area contributed by atoms with E-state index in [2.05, 4.69) is 25.9 Å². The van der Waals surface area contributed by atoms with Gasteiger partial charge in [-0.05, 0) is 35.7 Å². The van der Waals surface area contributed by atoms with Gasteiger partial charge in [-0.15, -0.1) is 0 Å². The maximum Gasteiger partial charge on any atom is 0.311 e. The standard InChI is InChI=1S/C17H15BrN2O3/c1-23-14-7-6-12(15-16(14)20-9-19-15)13(17(21)22)8-10-2-4-11(18)5-3-10/h2-7,9,13H,8H2,1H3,(H,19,20)(H,21,22). The summed E-state index contributed by atoms with van der Waals surface area (Å²) in [7, 11) is 1.58. The van der Waals surface area contributed by atoms with Gasteiger partial charge in [-0.2, -0.15) is 0 Å². The van der Waals surface area contributed by atoms with Crippen molar-refractivity contribution in [3.8, 4) is 5.75 Å². The maximum atomic E-state index is 11.8. The first-order valence-corrected chi connectivity index (χ1v) is 7.86. The molecule has 1 atom stereocenters. The number of nitrogens with one attached hydrogen (secondary N) is 1. The zero-order chi connectivity index (χ0) is 16.4. The molecule has 0 saturated carbocycles. The number of methoxy groups -OCH3 is 1. The van der Waals surface area contributed by atoms with E-state index in [1.54, 1.807) is 25.6 Å². The van der Waals surface area contributed by atoms with E-state index in [-0.39, 0.29) is 0 Å². The highest BCUT2D eigenvalue weighted by atomic mass is 79.9. The minimum absolute atomic E-state index is 0.400. The number of aromatic nitrogens is 2. The number of aromatic amines is 1. The Kier molecular flexibility index (Phi) is 4.34. The molecule has 0 amide bonds. The number of hydrogen-bond donors (Lipinski definition) is 2. The van der Waals surface area contributed by atoms with Gasteiger partial charge in [0.05, 0.1) is 24.9 Å². The number of aliphatic carboxylic acids is 1. The zero-order valence-corrected chi connectivity index (χ0v) is 14.0. The van der Waals surface area contributed by atoms with Crippen LogP contribution in [0.3, 0.4) is 0 Å². The van der Waals surface area contributed by atoms with Crippen molar-refractivity contribution < 1.29 is 14.6 Å². The Morgan fingerprint density at radius 2 is 2.04 bits per heavy atom. The van der Waals surface area contributed by atoms with Crippen LogP contribution in [-0.4, -0.2) is 28.2 Å². The van der Waals surface area contributed by atoms with E-state index in [9.17, 15) is 9.90 Å². The normalized spacial score (nSPS) is 12.3. The SMILES string of the molecule is COc1ccc(C(Cc2ccc(Br)cc2)C(=O)O)c2nc[nH]c12. The molecule has 3 aromatic rings. The number of carboxylic acids is 1. The Morgan fingerprint density at radius 3 is 2.70 bits per heavy atom. The van der Waals surface area contributed by atoms with Gasteiger partial charge in [-0.1, -0.05) is 34.1 Å². The highest BCUT2D eigenvalue weighted by molar-refractivity contribution is 9.10. The minimum Gasteiger partial charge on any atom is -0.494 e. The molecule has 5 nitrogen and oxygen atoms in total. The summed E-state index contributed by atoms with van der Waals surface area (Å²) in [5.74, 6) is -0.899. The number of H-pyrrole nitrogens is 1. The van der Waals surface area contributed by atoms with Crippen molar-refractivity contribution in [3.63, 3.8) is 0 Å². The molecular formula is C17H15BrN2O3. The fourth-order valence-corrected chi connectivity index (χ4v) is 2.93. The van der Waals surface area contributed by atoms with Gasteiger partial charge in [0.15, 0.2) is 0 Å². The van der Waals surface area contributed by atoms with Crippen molar-refractivity contribution in [2.75, 3.05) is 7.11 Å². The molecule has 1 unspecified atom stereocenters. The largest absolute Gasteiger partial charge is 0.494 e. The van der Waals surface area contributed by atoms with Crippen LogP contribution in [0.4, 0.5) is 0 Å². The quantitative estimate of drug-likeness (QED) is 0.712. The van der Waals surface area contributed by atoms with Crippen LogP contribution in [0.15, 0.2) is 47.2 Å². The Bertz CT molecular complexity index is 843. The van der Waals surface area contributed by atoms with E-state index < -0.39 is 11.9 Å². The molecule has 6 heteroatoms. The molecule has 2 aromatic carbocycles. The van der Waals surface area contributed by atoms with Crippen LogP contribution in [-0.2, 0) is 11.2 Å². The number of carboxylic acid groups (broad SMARTS) is 1. The topological polar surface area (TPSA) is 75.2 Å². The van der Waals surface area contributed by atoms with E-state index in [0.29, 0.717) is 28.8 Å². The zero-order valence-electron chi connectivity index (χ0n) is 12.4. The summed E-state index contributed by atoms with van der Waals surface area (Å²) in [5, 5.41) is 9.69. The fourth-order valence-electron chi connectivity index (χ4n) is 2.67. The molecule has 118 valence electrons. The molecule has 0 saturated heterocycles. The van der Waals surface area contributed by atoms with Crippen LogP contribution >= 0.6 is 15.9 Å². The Hall–Kier alpha value is -2.34. The molecule has 0 fully saturated rings. The number of halogens is 1. The van der Waals surface area contributed by atoms with Crippen molar-refractivity contribution in [1.82, 2.24) is 9.97 Å². The number of benzene rings is 2. The molecule has 0 spiro atoms. The highest BCUT2D eigenvalue weighted by Crippen LogP contribution is 2.32. The van der Waals surface area contributed by atoms with Crippen molar-refractivity contribution in [2.24, 2.45) is 0 Å². The monoisotopic (exact) mass is 374 g/mol. The lowest BCUT2D eigenvalue weighted by molar-refractivity contribution is -0.138. The number of ether oxygens (including phenoxy) is 1. The molecule has 3 rings (SSSR count). The minimum atomic E-state index is -0.873. The van der Waals surface area contributed by atoms with Gasteiger partial charge in [0, 0.05) is 4.47 Å². The van der Waals surface area contributed by atoms with E-state index in [4.69, 9.17) is 4.74 Å². The van der Waals surface area contributed by atoms with Gasteiger partial charge in [0.2, 0.25) is 0 Å². The van der Waals surface area contributed by atoms with Crippen LogP contribution in [0, 0.1) is 0 Å². The molecule has 1 heterocycles. The Balaban J connectivity index is 2.03. The molecule has 2 N–H and O–H groups in total. The number of carbonyl (C=O) groups is 1. The molecule has 0 aliphatic heterocycles. The summed E-state index contributed by atoms with van der Waals surface area (Å²) >= 11 is 3.38. The van der Waals surface area contributed by atoms with Crippen LogP contribution in [0.5, 0.6) is 5.75 Å². The predicted molar refractivity (Wildman–Crippen MR) is 90.9 cm³/mol. The molecule has 1 aromatic heterocycles. The average Bonchev–Trinajstić information content (AvgIpc) is 3.03. The number of hydrogen-bond acceptors (Lipinski definition) is 3. The number of nitrogens with zero attached hydrogens (tertiary/aromatic N) is 1. The third kappa shape index (κ3) is 3.07. The van der Waals surface area contributed by atoms with Crippen LogP contribution in [0.2, 0.25) is 0 Å². The second-order valence-corrected chi connectivity index (χ2v) is 6.12. The second kappa shape index (κ2) is 6.42. The first kappa shape index (κ1) is 15.6. The van der Waals surface area contributed by atoms with Gasteiger partial charge in [-0.3, -0.25) is 4.79 Å². The maximum absolute atomic E-state index is 11.8. The second-order valence-electron chi connectivity index (χ2n) is 5.20. The van der Waals surface area contributed by atoms with Crippen molar-refractivity contribution in [2.45, 2.75) is 12.3 Å². The Morgan fingerprint density at radius 1 is 1.30 bits per heavy atom. The summed E-state index contributed by atoms with van der Waals surface area (Å²) in [5.41, 5.74) is 2.98. The van der Waals surface area contributed by atoms with Crippen LogP contribution in [0.25, 0.3) is 11.0 Å². The molecular weight excluding hydrogens is 360 g/mol. The molecule has 23 heavy (non-hydrogen) atoms. The van der Waals surface area contributed by atoms with Crippen LogP contribution in [0.1, 0.15) is 17.0 Å². The van der Waals surface area contributed by atoms with E-state index in [1.165, 1.54) is 0 Å². The molecule has 0 aliphatic rings. The van der Waals surface area contributed by atoms with Crippen molar-refractivity contribution in [1.29, 1.82) is 0 Å². The van der Waals surface area contributed by atoms with E-state index in [1.807, 2.05) is 24.3 Å². The molecule has 0 aliphatic carbocycles. The fraction of sp³-hybridized carbons (Fsp3) is 0.176. The number of imidazole rings is 1. The lowest BCUT2D eigenvalue weighted by atomic mass is 9.91. The first-order chi connectivity index (χ1) is 11.1. The first-order valence-electron chi connectivity index (χ1n) is 7.07. The van der Waals surface area contributed by atoms with Crippen molar-refractivity contribution >= 4 is 32.9 Å². The molecule has 0 bridgehead atoms. The van der Waals surface area contributed by atoms with E-state index in [0.717, 1.165) is 10.0 Å². The summed E-state index contributed by atoms with van der Waals surface area (Å²) in [6.07, 6.45) is 1.95. The lowest BCUT2D eigenvalue weighted by Crippen LogP contribution is -2.15. The summed E-state index contributed by atoms with van der Waals surface area (Å²) in [4.78, 5) is 19.1.